The van der Waals surface area contributed by atoms with Gasteiger partial charge in [0.2, 0.25) is 0 Å². The summed E-state index contributed by atoms with van der Waals surface area (Å²) < 4.78 is 2.33. The third-order valence-corrected chi connectivity index (χ3v) is 3.44. The molecule has 0 radical (unpaired) electrons. The molecule has 1 saturated heterocycles. The lowest BCUT2D eigenvalue weighted by atomic mass is 10.1. The lowest BCUT2D eigenvalue weighted by Crippen LogP contribution is -2.29. The van der Waals surface area contributed by atoms with E-state index in [0.717, 1.165) is 13.1 Å². The van der Waals surface area contributed by atoms with Crippen LogP contribution >= 0.6 is 0 Å². The van der Waals surface area contributed by atoms with Gasteiger partial charge in [0.15, 0.2) is 0 Å². The summed E-state index contributed by atoms with van der Waals surface area (Å²) in [7, 11) is 0. The van der Waals surface area contributed by atoms with Crippen molar-refractivity contribution < 1.29 is 0 Å². The van der Waals surface area contributed by atoms with Crippen molar-refractivity contribution in [2.24, 2.45) is 0 Å². The Morgan fingerprint density at radius 2 is 1.88 bits per heavy atom. The van der Waals surface area contributed by atoms with E-state index >= 15 is 0 Å². The Bertz CT molecular complexity index is 469. The second-order valence-electron chi connectivity index (χ2n) is 4.53. The first-order valence-electron chi connectivity index (χ1n) is 6.23. The molecule has 1 aromatic heterocycles. The highest BCUT2D eigenvalue weighted by atomic mass is 15.1. The highest BCUT2D eigenvalue weighted by Gasteiger charge is 2.17. The number of nitrogens with zero attached hydrogens (tertiary/aromatic N) is 2. The zero-order chi connectivity index (χ0) is 11.5. The first-order valence-corrected chi connectivity index (χ1v) is 6.23. The third-order valence-electron chi connectivity index (χ3n) is 3.44. The van der Waals surface area contributed by atoms with Gasteiger partial charge in [0, 0.05) is 6.04 Å². The van der Waals surface area contributed by atoms with E-state index in [0.29, 0.717) is 6.04 Å². The Kier molecular flexibility index (Phi) is 2.92. The molecule has 2 aromatic rings. The van der Waals surface area contributed by atoms with Gasteiger partial charge < -0.3 is 9.88 Å². The molecule has 1 aliphatic heterocycles. The van der Waals surface area contributed by atoms with Gasteiger partial charge in [-0.15, -0.1) is 0 Å². The number of benzene rings is 1. The van der Waals surface area contributed by atoms with Crippen LogP contribution in [0.1, 0.15) is 18.9 Å². The Balaban J connectivity index is 1.93. The van der Waals surface area contributed by atoms with Crippen LogP contribution < -0.4 is 5.32 Å². The largest absolute Gasteiger partial charge is 0.327 e. The minimum absolute atomic E-state index is 0.592. The number of rotatable bonds is 2. The average molecular weight is 227 g/mol. The van der Waals surface area contributed by atoms with Crippen LogP contribution in [-0.4, -0.2) is 22.6 Å². The molecule has 0 saturated carbocycles. The van der Waals surface area contributed by atoms with Gasteiger partial charge in [-0.2, -0.15) is 0 Å². The van der Waals surface area contributed by atoms with E-state index in [-0.39, 0.29) is 0 Å². The van der Waals surface area contributed by atoms with Crippen LogP contribution in [0, 0.1) is 0 Å². The lowest BCUT2D eigenvalue weighted by Gasteiger charge is -2.25. The molecule has 3 rings (SSSR count). The normalized spacial score (nSPS) is 17.2. The van der Waals surface area contributed by atoms with Gasteiger partial charge >= 0.3 is 0 Å². The van der Waals surface area contributed by atoms with Gasteiger partial charge in [0.1, 0.15) is 0 Å². The van der Waals surface area contributed by atoms with Crippen LogP contribution in [0.5, 0.6) is 0 Å². The summed E-state index contributed by atoms with van der Waals surface area (Å²) in [6, 6.07) is 11.1. The molecule has 0 bridgehead atoms. The van der Waals surface area contributed by atoms with Crippen LogP contribution in [0.15, 0.2) is 42.9 Å². The topological polar surface area (TPSA) is 29.9 Å². The van der Waals surface area contributed by atoms with Crippen molar-refractivity contribution in [3.8, 4) is 11.3 Å². The molecule has 3 heteroatoms. The second kappa shape index (κ2) is 4.72. The molecule has 1 aromatic carbocycles. The molecule has 3 nitrogen and oxygen atoms in total. The van der Waals surface area contributed by atoms with Crippen molar-refractivity contribution in [1.82, 2.24) is 14.9 Å². The fourth-order valence-electron chi connectivity index (χ4n) is 2.51. The predicted molar refractivity (Wildman–Crippen MR) is 68.8 cm³/mol. The summed E-state index contributed by atoms with van der Waals surface area (Å²) in [6.45, 7) is 2.22. The molecule has 88 valence electrons. The summed E-state index contributed by atoms with van der Waals surface area (Å²) in [5, 5.41) is 3.40. The van der Waals surface area contributed by atoms with Crippen molar-refractivity contribution in [3.05, 3.63) is 42.9 Å². The molecular weight excluding hydrogens is 210 g/mol. The molecule has 17 heavy (non-hydrogen) atoms. The van der Waals surface area contributed by atoms with E-state index in [2.05, 4.69) is 45.2 Å². The summed E-state index contributed by atoms with van der Waals surface area (Å²) in [4.78, 5) is 4.32. The maximum absolute atomic E-state index is 4.32. The summed E-state index contributed by atoms with van der Waals surface area (Å²) in [5.74, 6) is 0. The van der Waals surface area contributed by atoms with Gasteiger partial charge in [-0.1, -0.05) is 30.3 Å². The SMILES string of the molecule is c1ccc(-c2cncn2C2CCNCC2)cc1. The Hall–Kier alpha value is -1.61. The number of piperidine rings is 1. The maximum Gasteiger partial charge on any atom is 0.0953 e. The first kappa shape index (κ1) is 10.5. The first-order chi connectivity index (χ1) is 8.45. The molecule has 0 atom stereocenters. The minimum atomic E-state index is 0.592. The standard InChI is InChI=1S/C14H17N3/c1-2-4-12(5-3-1)14-10-16-11-17(14)13-6-8-15-9-7-13/h1-5,10-11,13,15H,6-9H2. The average Bonchev–Trinajstić information content (AvgIpc) is 2.90. The summed E-state index contributed by atoms with van der Waals surface area (Å²) >= 11 is 0. The number of hydrogen-bond acceptors (Lipinski definition) is 2. The molecule has 0 spiro atoms. The molecular formula is C14H17N3. The highest BCUT2D eigenvalue weighted by molar-refractivity contribution is 5.58. The molecule has 2 heterocycles. The quantitative estimate of drug-likeness (QED) is 0.854. The molecule has 0 amide bonds. The van der Waals surface area contributed by atoms with Gasteiger partial charge in [0.05, 0.1) is 18.2 Å². The molecule has 0 aliphatic carbocycles. The van der Waals surface area contributed by atoms with Gasteiger partial charge in [-0.3, -0.25) is 0 Å². The molecule has 1 fully saturated rings. The van der Waals surface area contributed by atoms with Crippen LogP contribution in [-0.2, 0) is 0 Å². The predicted octanol–water partition coefficient (Wildman–Crippen LogP) is 2.47. The van der Waals surface area contributed by atoms with E-state index in [1.807, 2.05) is 12.5 Å². The van der Waals surface area contributed by atoms with E-state index in [4.69, 9.17) is 0 Å². The van der Waals surface area contributed by atoms with E-state index < -0.39 is 0 Å². The Morgan fingerprint density at radius 3 is 2.65 bits per heavy atom. The summed E-state index contributed by atoms with van der Waals surface area (Å²) in [6.07, 6.45) is 6.32. The van der Waals surface area contributed by atoms with Crippen LogP contribution in [0.3, 0.4) is 0 Å². The monoisotopic (exact) mass is 227 g/mol. The van der Waals surface area contributed by atoms with Crippen LogP contribution in [0.4, 0.5) is 0 Å². The Labute approximate surface area is 101 Å². The third kappa shape index (κ3) is 2.11. The van der Waals surface area contributed by atoms with E-state index in [9.17, 15) is 0 Å². The van der Waals surface area contributed by atoms with Crippen molar-refractivity contribution in [1.29, 1.82) is 0 Å². The van der Waals surface area contributed by atoms with Crippen molar-refractivity contribution in [3.63, 3.8) is 0 Å². The fourth-order valence-corrected chi connectivity index (χ4v) is 2.51. The van der Waals surface area contributed by atoms with Gasteiger partial charge in [0.25, 0.3) is 0 Å². The summed E-state index contributed by atoms with van der Waals surface area (Å²) in [5.41, 5.74) is 2.49. The number of aromatic nitrogens is 2. The van der Waals surface area contributed by atoms with Gasteiger partial charge in [-0.05, 0) is 31.5 Å². The smallest absolute Gasteiger partial charge is 0.0953 e. The zero-order valence-electron chi connectivity index (χ0n) is 9.84. The molecule has 0 unspecified atom stereocenters. The Morgan fingerprint density at radius 1 is 1.12 bits per heavy atom. The lowest BCUT2D eigenvalue weighted by molar-refractivity contribution is 0.370. The minimum Gasteiger partial charge on any atom is -0.327 e. The second-order valence-corrected chi connectivity index (χ2v) is 4.53. The number of imidazole rings is 1. The number of nitrogens with one attached hydrogen (secondary N) is 1. The highest BCUT2D eigenvalue weighted by Crippen LogP contribution is 2.26. The van der Waals surface area contributed by atoms with Crippen LogP contribution in [0.25, 0.3) is 11.3 Å². The van der Waals surface area contributed by atoms with Crippen molar-refractivity contribution >= 4 is 0 Å². The van der Waals surface area contributed by atoms with Crippen molar-refractivity contribution in [2.75, 3.05) is 13.1 Å². The molecule has 1 aliphatic rings. The van der Waals surface area contributed by atoms with E-state index in [1.54, 1.807) is 0 Å². The van der Waals surface area contributed by atoms with Crippen LogP contribution in [0.2, 0.25) is 0 Å². The van der Waals surface area contributed by atoms with Gasteiger partial charge in [-0.25, -0.2) is 4.98 Å². The van der Waals surface area contributed by atoms with E-state index in [1.165, 1.54) is 24.1 Å². The fraction of sp³-hybridized carbons (Fsp3) is 0.357. The number of hydrogen-bond donors (Lipinski definition) is 1. The zero-order valence-corrected chi connectivity index (χ0v) is 9.84. The maximum atomic E-state index is 4.32. The van der Waals surface area contributed by atoms with Crippen molar-refractivity contribution in [2.45, 2.75) is 18.9 Å². The molecule has 1 N–H and O–H groups in total.